The smallest absolute Gasteiger partial charge is 0.126 e. The van der Waals surface area contributed by atoms with Crippen molar-refractivity contribution < 1.29 is 13.9 Å². The summed E-state index contributed by atoms with van der Waals surface area (Å²) in [6.45, 7) is 0. The maximum atomic E-state index is 13.2. The van der Waals surface area contributed by atoms with Gasteiger partial charge in [0.25, 0.3) is 0 Å². The molecule has 3 heteroatoms. The van der Waals surface area contributed by atoms with Crippen LogP contribution in [0.5, 0.6) is 0 Å². The predicted octanol–water partition coefficient (Wildman–Crippen LogP) is 3.73. The first-order valence-electron chi connectivity index (χ1n) is 6.86. The third-order valence-corrected chi connectivity index (χ3v) is 3.86. The number of hydrogen-bond acceptors (Lipinski definition) is 1. The molecular formula is C17H16F2O. The number of aliphatic hydroxyl groups is 1. The summed E-state index contributed by atoms with van der Waals surface area (Å²) in [4.78, 5) is 0. The van der Waals surface area contributed by atoms with Gasteiger partial charge in [0.1, 0.15) is 11.6 Å². The summed E-state index contributed by atoms with van der Waals surface area (Å²) in [7, 11) is 0. The molecule has 1 aliphatic carbocycles. The van der Waals surface area contributed by atoms with Crippen LogP contribution >= 0.6 is 0 Å². The van der Waals surface area contributed by atoms with Gasteiger partial charge in [-0.05, 0) is 53.6 Å². The Balaban J connectivity index is 1.80. The average molecular weight is 274 g/mol. The van der Waals surface area contributed by atoms with Gasteiger partial charge >= 0.3 is 0 Å². The SMILES string of the molecule is OC(Cc1ccc2c(c1)CCC2)c1cc(F)cc(F)c1. The maximum Gasteiger partial charge on any atom is 0.126 e. The summed E-state index contributed by atoms with van der Waals surface area (Å²) in [6, 6.07) is 9.36. The Labute approximate surface area is 116 Å². The third kappa shape index (κ3) is 2.73. The lowest BCUT2D eigenvalue weighted by atomic mass is 9.98. The van der Waals surface area contributed by atoms with Crippen molar-refractivity contribution in [2.24, 2.45) is 0 Å². The van der Waals surface area contributed by atoms with Crippen molar-refractivity contribution in [3.63, 3.8) is 0 Å². The molecular weight excluding hydrogens is 258 g/mol. The van der Waals surface area contributed by atoms with E-state index in [0.29, 0.717) is 6.42 Å². The van der Waals surface area contributed by atoms with E-state index in [9.17, 15) is 13.9 Å². The monoisotopic (exact) mass is 274 g/mol. The first-order valence-corrected chi connectivity index (χ1v) is 6.86. The van der Waals surface area contributed by atoms with Gasteiger partial charge in [-0.3, -0.25) is 0 Å². The Morgan fingerprint density at radius 1 is 0.950 bits per heavy atom. The fourth-order valence-corrected chi connectivity index (χ4v) is 2.86. The fourth-order valence-electron chi connectivity index (χ4n) is 2.86. The summed E-state index contributed by atoms with van der Waals surface area (Å²) < 4.78 is 26.3. The molecule has 3 rings (SSSR count). The number of fused-ring (bicyclic) bond motifs is 1. The number of halogens is 2. The molecule has 0 aliphatic heterocycles. The topological polar surface area (TPSA) is 20.2 Å². The number of benzene rings is 2. The third-order valence-electron chi connectivity index (χ3n) is 3.86. The van der Waals surface area contributed by atoms with Crippen LogP contribution < -0.4 is 0 Å². The zero-order valence-electron chi connectivity index (χ0n) is 11.1. The quantitative estimate of drug-likeness (QED) is 0.904. The molecule has 0 aromatic heterocycles. The van der Waals surface area contributed by atoms with Crippen molar-refractivity contribution in [1.82, 2.24) is 0 Å². The van der Waals surface area contributed by atoms with E-state index in [4.69, 9.17) is 0 Å². The molecule has 0 fully saturated rings. The lowest BCUT2D eigenvalue weighted by Crippen LogP contribution is -2.03. The Kier molecular flexibility index (Phi) is 3.53. The molecule has 0 bridgehead atoms. The van der Waals surface area contributed by atoms with Gasteiger partial charge in [0.15, 0.2) is 0 Å². The van der Waals surface area contributed by atoms with Crippen molar-refractivity contribution in [2.75, 3.05) is 0 Å². The van der Waals surface area contributed by atoms with Gasteiger partial charge in [-0.1, -0.05) is 18.2 Å². The molecule has 104 valence electrons. The Morgan fingerprint density at radius 2 is 1.65 bits per heavy atom. The van der Waals surface area contributed by atoms with Crippen molar-refractivity contribution in [3.8, 4) is 0 Å². The molecule has 2 aromatic carbocycles. The first-order chi connectivity index (χ1) is 9.61. The van der Waals surface area contributed by atoms with Gasteiger partial charge in [0.05, 0.1) is 6.10 Å². The number of aryl methyl sites for hydroxylation is 2. The normalized spacial score (nSPS) is 15.2. The first kappa shape index (κ1) is 13.3. The molecule has 1 aliphatic rings. The number of hydrogen-bond donors (Lipinski definition) is 1. The Hall–Kier alpha value is -1.74. The standard InChI is InChI=1S/C17H16F2O/c18-15-8-14(9-16(19)10-15)17(20)7-11-4-5-12-2-1-3-13(12)6-11/h4-6,8-10,17,20H,1-3,7H2. The van der Waals surface area contributed by atoms with E-state index in [1.54, 1.807) is 0 Å². The van der Waals surface area contributed by atoms with Gasteiger partial charge in [-0.2, -0.15) is 0 Å². The van der Waals surface area contributed by atoms with Crippen molar-refractivity contribution in [1.29, 1.82) is 0 Å². The molecule has 20 heavy (non-hydrogen) atoms. The van der Waals surface area contributed by atoms with Gasteiger partial charge in [-0.15, -0.1) is 0 Å². The van der Waals surface area contributed by atoms with Gasteiger partial charge in [0.2, 0.25) is 0 Å². The molecule has 0 saturated heterocycles. The van der Waals surface area contributed by atoms with Crippen molar-refractivity contribution >= 4 is 0 Å². The molecule has 0 saturated carbocycles. The van der Waals surface area contributed by atoms with E-state index in [2.05, 4.69) is 12.1 Å². The minimum atomic E-state index is -0.889. The van der Waals surface area contributed by atoms with Crippen LogP contribution in [0.3, 0.4) is 0 Å². The average Bonchev–Trinajstić information content (AvgIpc) is 2.85. The summed E-state index contributed by atoms with van der Waals surface area (Å²) in [5.41, 5.74) is 3.99. The van der Waals surface area contributed by atoms with Crippen LogP contribution in [0.2, 0.25) is 0 Å². The van der Waals surface area contributed by atoms with Gasteiger partial charge < -0.3 is 5.11 Å². The van der Waals surface area contributed by atoms with E-state index < -0.39 is 17.7 Å². The molecule has 1 atom stereocenters. The van der Waals surface area contributed by atoms with Crippen LogP contribution in [0.15, 0.2) is 36.4 Å². The lowest BCUT2D eigenvalue weighted by molar-refractivity contribution is 0.177. The van der Waals surface area contributed by atoms with Crippen LogP contribution in [0.4, 0.5) is 8.78 Å². The molecule has 0 radical (unpaired) electrons. The van der Waals surface area contributed by atoms with E-state index in [1.807, 2.05) is 6.07 Å². The number of rotatable bonds is 3. The maximum absolute atomic E-state index is 13.2. The molecule has 2 aromatic rings. The van der Waals surface area contributed by atoms with Crippen LogP contribution in [0.1, 0.15) is 34.8 Å². The summed E-state index contributed by atoms with van der Waals surface area (Å²) in [5.74, 6) is -1.32. The summed E-state index contributed by atoms with van der Waals surface area (Å²) in [5, 5.41) is 10.1. The van der Waals surface area contributed by atoms with E-state index in [0.717, 1.165) is 24.5 Å². The second kappa shape index (κ2) is 5.33. The molecule has 0 spiro atoms. The molecule has 1 nitrogen and oxygen atoms in total. The van der Waals surface area contributed by atoms with Crippen LogP contribution in [-0.4, -0.2) is 5.11 Å². The zero-order chi connectivity index (χ0) is 14.1. The molecule has 0 amide bonds. The van der Waals surface area contributed by atoms with Gasteiger partial charge in [-0.25, -0.2) is 8.78 Å². The minimum Gasteiger partial charge on any atom is -0.388 e. The van der Waals surface area contributed by atoms with Gasteiger partial charge in [0, 0.05) is 12.5 Å². The molecule has 1 N–H and O–H groups in total. The highest BCUT2D eigenvalue weighted by molar-refractivity contribution is 5.36. The lowest BCUT2D eigenvalue weighted by Gasteiger charge is -2.12. The predicted molar refractivity (Wildman–Crippen MR) is 73.5 cm³/mol. The highest BCUT2D eigenvalue weighted by Gasteiger charge is 2.14. The Bertz CT molecular complexity index is 617. The highest BCUT2D eigenvalue weighted by atomic mass is 19.1. The van der Waals surface area contributed by atoms with E-state index in [1.165, 1.54) is 29.7 Å². The minimum absolute atomic E-state index is 0.281. The van der Waals surface area contributed by atoms with Crippen molar-refractivity contribution in [2.45, 2.75) is 31.8 Å². The number of aliphatic hydroxyl groups excluding tert-OH is 1. The summed E-state index contributed by atoms with van der Waals surface area (Å²) >= 11 is 0. The van der Waals surface area contributed by atoms with Crippen molar-refractivity contribution in [3.05, 3.63) is 70.3 Å². The Morgan fingerprint density at radius 3 is 2.40 bits per heavy atom. The second-order valence-corrected chi connectivity index (χ2v) is 5.38. The van der Waals surface area contributed by atoms with E-state index in [-0.39, 0.29) is 5.56 Å². The van der Waals surface area contributed by atoms with Crippen LogP contribution in [0.25, 0.3) is 0 Å². The fraction of sp³-hybridized carbons (Fsp3) is 0.294. The zero-order valence-corrected chi connectivity index (χ0v) is 11.1. The highest BCUT2D eigenvalue weighted by Crippen LogP contribution is 2.26. The van der Waals surface area contributed by atoms with E-state index >= 15 is 0 Å². The van der Waals surface area contributed by atoms with Crippen LogP contribution in [-0.2, 0) is 19.3 Å². The van der Waals surface area contributed by atoms with Crippen LogP contribution in [0, 0.1) is 11.6 Å². The largest absolute Gasteiger partial charge is 0.388 e. The molecule has 0 heterocycles. The molecule has 1 unspecified atom stereocenters. The summed E-state index contributed by atoms with van der Waals surface area (Å²) in [6.07, 6.45) is 2.85. The second-order valence-electron chi connectivity index (χ2n) is 5.38.